The van der Waals surface area contributed by atoms with Gasteiger partial charge in [-0.05, 0) is 19.1 Å². The van der Waals surface area contributed by atoms with Crippen molar-refractivity contribution in [2.24, 2.45) is 0 Å². The lowest BCUT2D eigenvalue weighted by molar-refractivity contribution is 0.506. The van der Waals surface area contributed by atoms with Crippen LogP contribution in [0.1, 0.15) is 11.5 Å². The summed E-state index contributed by atoms with van der Waals surface area (Å²) in [5.74, 6) is 0.747. The van der Waals surface area contributed by atoms with Gasteiger partial charge in [0.1, 0.15) is 10.7 Å². The Morgan fingerprint density at radius 3 is 2.94 bits per heavy atom. The molecule has 0 atom stereocenters. The molecule has 2 rings (SSSR count). The van der Waals surface area contributed by atoms with E-state index in [-0.39, 0.29) is 4.90 Å². The summed E-state index contributed by atoms with van der Waals surface area (Å²) in [7, 11) is -3.49. The Hall–Kier alpha value is -1.60. The van der Waals surface area contributed by atoms with Gasteiger partial charge in [-0.1, -0.05) is 0 Å². The quantitative estimate of drug-likeness (QED) is 0.828. The number of hydrogen-bond donors (Lipinski definition) is 2. The number of nitrogens with zero attached hydrogens (tertiary/aromatic N) is 1. The lowest BCUT2D eigenvalue weighted by atomic mass is 10.3. The third-order valence-corrected chi connectivity index (χ3v) is 3.89. The number of aromatic nitrogens is 2. The van der Waals surface area contributed by atoms with Crippen molar-refractivity contribution in [2.75, 3.05) is 6.54 Å². The summed E-state index contributed by atoms with van der Waals surface area (Å²) in [6, 6.07) is 3.57. The summed E-state index contributed by atoms with van der Waals surface area (Å²) in [5, 5.41) is 6.27. The number of aromatic amines is 1. The standard InChI is InChI=1S/C10H13N3O3S/c1-8-10(7-11-13-8)17(14,15)12-5-4-9-3-2-6-16-9/h2-3,6-7,12H,4-5H2,1H3,(H,11,13). The van der Waals surface area contributed by atoms with Crippen LogP contribution in [0.5, 0.6) is 0 Å². The van der Waals surface area contributed by atoms with E-state index in [0.717, 1.165) is 5.76 Å². The monoisotopic (exact) mass is 255 g/mol. The predicted octanol–water partition coefficient (Wildman–Crippen LogP) is 0.832. The topological polar surface area (TPSA) is 88.0 Å². The summed E-state index contributed by atoms with van der Waals surface area (Å²) in [4.78, 5) is 0.178. The average molecular weight is 255 g/mol. The first-order chi connectivity index (χ1) is 8.09. The van der Waals surface area contributed by atoms with Crippen molar-refractivity contribution in [3.63, 3.8) is 0 Å². The van der Waals surface area contributed by atoms with Crippen LogP contribution in [0.2, 0.25) is 0 Å². The molecule has 0 saturated heterocycles. The second-order valence-electron chi connectivity index (χ2n) is 3.59. The first-order valence-electron chi connectivity index (χ1n) is 5.11. The fourth-order valence-corrected chi connectivity index (χ4v) is 2.62. The minimum Gasteiger partial charge on any atom is -0.469 e. The summed E-state index contributed by atoms with van der Waals surface area (Å²) >= 11 is 0. The summed E-state index contributed by atoms with van der Waals surface area (Å²) in [6.07, 6.45) is 3.37. The largest absolute Gasteiger partial charge is 0.469 e. The van der Waals surface area contributed by atoms with E-state index in [4.69, 9.17) is 4.42 Å². The summed E-state index contributed by atoms with van der Waals surface area (Å²) in [5.41, 5.74) is 0.524. The van der Waals surface area contributed by atoms with Gasteiger partial charge in [-0.2, -0.15) is 5.10 Å². The van der Waals surface area contributed by atoms with Crippen molar-refractivity contribution in [1.82, 2.24) is 14.9 Å². The maximum absolute atomic E-state index is 11.8. The number of H-pyrrole nitrogens is 1. The van der Waals surface area contributed by atoms with Gasteiger partial charge in [-0.3, -0.25) is 5.10 Å². The van der Waals surface area contributed by atoms with E-state index in [1.54, 1.807) is 25.3 Å². The highest BCUT2D eigenvalue weighted by Gasteiger charge is 2.17. The molecule has 0 fully saturated rings. The molecule has 0 amide bonds. The molecule has 0 bridgehead atoms. The molecular formula is C10H13N3O3S. The molecule has 0 spiro atoms. The Bertz CT molecular complexity index is 572. The van der Waals surface area contributed by atoms with Gasteiger partial charge in [0.15, 0.2) is 0 Å². The number of hydrogen-bond acceptors (Lipinski definition) is 4. The minimum absolute atomic E-state index is 0.178. The molecule has 0 saturated carbocycles. The predicted molar refractivity (Wildman–Crippen MR) is 60.9 cm³/mol. The lowest BCUT2D eigenvalue weighted by Gasteiger charge is -2.04. The van der Waals surface area contributed by atoms with E-state index in [9.17, 15) is 8.42 Å². The molecule has 0 radical (unpaired) electrons. The zero-order valence-corrected chi connectivity index (χ0v) is 10.1. The maximum Gasteiger partial charge on any atom is 0.243 e. The Morgan fingerprint density at radius 1 is 1.53 bits per heavy atom. The molecule has 2 aromatic rings. The van der Waals surface area contributed by atoms with Gasteiger partial charge in [-0.15, -0.1) is 0 Å². The highest BCUT2D eigenvalue weighted by atomic mass is 32.2. The van der Waals surface area contributed by atoms with Gasteiger partial charge in [0.05, 0.1) is 18.2 Å². The van der Waals surface area contributed by atoms with E-state index in [1.807, 2.05) is 0 Å². The number of nitrogens with one attached hydrogen (secondary N) is 2. The smallest absolute Gasteiger partial charge is 0.243 e. The van der Waals surface area contributed by atoms with E-state index < -0.39 is 10.0 Å². The molecule has 0 aromatic carbocycles. The van der Waals surface area contributed by atoms with Crippen LogP contribution in [0.15, 0.2) is 33.9 Å². The molecule has 0 aliphatic rings. The SMILES string of the molecule is Cc1[nH]ncc1S(=O)(=O)NCCc1ccco1. The third-order valence-electron chi connectivity index (χ3n) is 2.32. The van der Waals surface area contributed by atoms with Crippen molar-refractivity contribution in [2.45, 2.75) is 18.2 Å². The zero-order chi connectivity index (χ0) is 12.3. The number of furan rings is 1. The van der Waals surface area contributed by atoms with Crippen LogP contribution in [0.25, 0.3) is 0 Å². The van der Waals surface area contributed by atoms with E-state index >= 15 is 0 Å². The van der Waals surface area contributed by atoms with E-state index in [1.165, 1.54) is 6.20 Å². The molecule has 6 nitrogen and oxygen atoms in total. The Kier molecular flexibility index (Phi) is 3.30. The molecule has 7 heteroatoms. The molecule has 2 N–H and O–H groups in total. The van der Waals surface area contributed by atoms with Crippen LogP contribution in [0.3, 0.4) is 0 Å². The van der Waals surface area contributed by atoms with Crippen molar-refractivity contribution in [3.8, 4) is 0 Å². The fraction of sp³-hybridized carbons (Fsp3) is 0.300. The first-order valence-corrected chi connectivity index (χ1v) is 6.60. The van der Waals surface area contributed by atoms with Crippen LogP contribution in [0.4, 0.5) is 0 Å². The second-order valence-corrected chi connectivity index (χ2v) is 5.32. The van der Waals surface area contributed by atoms with Crippen molar-refractivity contribution >= 4 is 10.0 Å². The van der Waals surface area contributed by atoms with Crippen LogP contribution in [-0.4, -0.2) is 25.2 Å². The minimum atomic E-state index is -3.49. The Morgan fingerprint density at radius 2 is 2.35 bits per heavy atom. The maximum atomic E-state index is 11.8. The lowest BCUT2D eigenvalue weighted by Crippen LogP contribution is -2.26. The van der Waals surface area contributed by atoms with Gasteiger partial charge in [0.2, 0.25) is 10.0 Å². The third kappa shape index (κ3) is 2.75. The van der Waals surface area contributed by atoms with Crippen molar-refractivity contribution in [1.29, 1.82) is 0 Å². The van der Waals surface area contributed by atoms with Crippen molar-refractivity contribution < 1.29 is 12.8 Å². The molecule has 2 aromatic heterocycles. The van der Waals surface area contributed by atoms with Crippen LogP contribution >= 0.6 is 0 Å². The van der Waals surface area contributed by atoms with Gasteiger partial charge in [0.25, 0.3) is 0 Å². The molecular weight excluding hydrogens is 242 g/mol. The molecule has 17 heavy (non-hydrogen) atoms. The molecule has 0 unspecified atom stereocenters. The molecule has 2 heterocycles. The first kappa shape index (κ1) is 11.9. The molecule has 0 aliphatic carbocycles. The highest BCUT2D eigenvalue weighted by Crippen LogP contribution is 2.10. The summed E-state index contributed by atoms with van der Waals surface area (Å²) in [6.45, 7) is 1.95. The van der Waals surface area contributed by atoms with E-state index in [2.05, 4.69) is 14.9 Å². The highest BCUT2D eigenvalue weighted by molar-refractivity contribution is 7.89. The second kappa shape index (κ2) is 4.72. The number of rotatable bonds is 5. The Balaban J connectivity index is 1.97. The normalized spacial score (nSPS) is 11.8. The van der Waals surface area contributed by atoms with Crippen LogP contribution in [-0.2, 0) is 16.4 Å². The number of sulfonamides is 1. The molecule has 92 valence electrons. The average Bonchev–Trinajstić information content (AvgIpc) is 2.88. The molecule has 0 aliphatic heterocycles. The Labute approximate surface area is 99.1 Å². The summed E-state index contributed by atoms with van der Waals surface area (Å²) < 4.78 is 31.3. The fourth-order valence-electron chi connectivity index (χ4n) is 1.45. The van der Waals surface area contributed by atoms with Crippen LogP contribution in [0, 0.1) is 6.92 Å². The van der Waals surface area contributed by atoms with Gasteiger partial charge >= 0.3 is 0 Å². The zero-order valence-electron chi connectivity index (χ0n) is 9.30. The van der Waals surface area contributed by atoms with Gasteiger partial charge in [-0.25, -0.2) is 13.1 Å². The van der Waals surface area contributed by atoms with Crippen LogP contribution < -0.4 is 4.72 Å². The van der Waals surface area contributed by atoms with E-state index in [0.29, 0.717) is 18.7 Å². The van der Waals surface area contributed by atoms with Crippen molar-refractivity contribution in [3.05, 3.63) is 36.0 Å². The van der Waals surface area contributed by atoms with Gasteiger partial charge < -0.3 is 4.42 Å². The van der Waals surface area contributed by atoms with Gasteiger partial charge in [0, 0.05) is 13.0 Å². The number of aryl methyl sites for hydroxylation is 1.